The largest absolute Gasteiger partial charge is 0.360 e. The van der Waals surface area contributed by atoms with Gasteiger partial charge in [-0.3, -0.25) is 4.90 Å². The fraction of sp³-hybridized carbons (Fsp3) is 0.421. The molecule has 3 rings (SSSR count). The summed E-state index contributed by atoms with van der Waals surface area (Å²) in [7, 11) is 2.19. The van der Waals surface area contributed by atoms with Crippen LogP contribution < -0.4 is 10.6 Å². The quantitative estimate of drug-likeness (QED) is 0.784. The van der Waals surface area contributed by atoms with Gasteiger partial charge >= 0.3 is 0 Å². The molecule has 0 radical (unpaired) electrons. The predicted molar refractivity (Wildman–Crippen MR) is 112 cm³/mol. The minimum atomic E-state index is 0.366. The predicted octanol–water partition coefficient (Wildman–Crippen LogP) is 3.33. The van der Waals surface area contributed by atoms with E-state index < -0.39 is 0 Å². The molecule has 0 aliphatic carbocycles. The maximum absolute atomic E-state index is 5.52. The lowest BCUT2D eigenvalue weighted by molar-refractivity contribution is 0.114. The van der Waals surface area contributed by atoms with Crippen molar-refractivity contribution in [3.05, 3.63) is 52.2 Å². The summed E-state index contributed by atoms with van der Waals surface area (Å²) in [6, 6.07) is 12.9. The molecule has 1 fully saturated rings. The number of thiocarbonyl (C=S) groups is 1. The Balaban J connectivity index is 1.61. The molecule has 1 saturated heterocycles. The van der Waals surface area contributed by atoms with Gasteiger partial charge in [0.05, 0.1) is 6.04 Å². The fourth-order valence-electron chi connectivity index (χ4n) is 3.09. The fourth-order valence-corrected chi connectivity index (χ4v) is 4.15. The summed E-state index contributed by atoms with van der Waals surface area (Å²) in [5.41, 5.74) is 2.26. The molecule has 1 aromatic heterocycles. The van der Waals surface area contributed by atoms with E-state index in [0.29, 0.717) is 11.2 Å². The van der Waals surface area contributed by atoms with Crippen molar-refractivity contribution < 1.29 is 0 Å². The molecule has 0 spiro atoms. The van der Waals surface area contributed by atoms with Crippen LogP contribution in [0.3, 0.4) is 0 Å². The zero-order valence-electron chi connectivity index (χ0n) is 14.9. The second-order valence-electron chi connectivity index (χ2n) is 6.52. The molecular formula is C19H26N4S2. The highest BCUT2D eigenvalue weighted by Gasteiger charge is 2.24. The molecule has 0 amide bonds. The molecule has 1 atom stereocenters. The standard InChI is InChI=1S/C19H26N4S2/c1-15-6-3-4-7-16(15)21-19(24)20-14-17(18-8-5-13-25-18)23-11-9-22(2)10-12-23/h3-8,13,17H,9-12,14H2,1-2H3,(H2,20,21,24). The van der Waals surface area contributed by atoms with Crippen LogP contribution in [0.4, 0.5) is 5.69 Å². The van der Waals surface area contributed by atoms with E-state index in [-0.39, 0.29) is 0 Å². The number of anilines is 1. The third kappa shape index (κ3) is 5.01. The smallest absolute Gasteiger partial charge is 0.170 e. The zero-order chi connectivity index (χ0) is 17.6. The minimum absolute atomic E-state index is 0.366. The highest BCUT2D eigenvalue weighted by Crippen LogP contribution is 2.25. The van der Waals surface area contributed by atoms with Gasteiger partial charge in [0.25, 0.3) is 0 Å². The van der Waals surface area contributed by atoms with Crippen LogP contribution in [0.15, 0.2) is 41.8 Å². The molecule has 6 heteroatoms. The number of para-hydroxylation sites is 1. The molecule has 25 heavy (non-hydrogen) atoms. The van der Waals surface area contributed by atoms with Crippen LogP contribution in [0, 0.1) is 6.92 Å². The molecule has 1 unspecified atom stereocenters. The van der Waals surface area contributed by atoms with Crippen LogP contribution in [0.25, 0.3) is 0 Å². The first-order chi connectivity index (χ1) is 12.1. The highest BCUT2D eigenvalue weighted by atomic mass is 32.1. The molecule has 4 nitrogen and oxygen atoms in total. The van der Waals surface area contributed by atoms with Crippen molar-refractivity contribution in [2.75, 3.05) is 45.1 Å². The van der Waals surface area contributed by atoms with Gasteiger partial charge in [-0.25, -0.2) is 0 Å². The number of nitrogens with one attached hydrogen (secondary N) is 2. The molecule has 2 N–H and O–H groups in total. The number of rotatable bonds is 5. The van der Waals surface area contributed by atoms with Gasteiger partial charge in [-0.05, 0) is 49.3 Å². The lowest BCUT2D eigenvalue weighted by Crippen LogP contribution is -2.48. The average molecular weight is 375 g/mol. The summed E-state index contributed by atoms with van der Waals surface area (Å²) in [6.07, 6.45) is 0. The molecule has 2 heterocycles. The van der Waals surface area contributed by atoms with Crippen molar-refractivity contribution in [2.45, 2.75) is 13.0 Å². The Labute approximate surface area is 159 Å². The van der Waals surface area contributed by atoms with E-state index in [2.05, 4.69) is 64.1 Å². The number of benzene rings is 1. The Morgan fingerprint density at radius 3 is 2.60 bits per heavy atom. The van der Waals surface area contributed by atoms with Gasteiger partial charge in [-0.15, -0.1) is 11.3 Å². The normalized spacial score (nSPS) is 17.2. The molecule has 1 aromatic carbocycles. The van der Waals surface area contributed by atoms with E-state index in [1.807, 2.05) is 23.5 Å². The average Bonchev–Trinajstić information content (AvgIpc) is 3.13. The van der Waals surface area contributed by atoms with E-state index in [9.17, 15) is 0 Å². The molecule has 1 aliphatic rings. The molecule has 0 saturated carbocycles. The number of hydrogen-bond acceptors (Lipinski definition) is 4. The van der Waals surface area contributed by atoms with Crippen LogP contribution in [-0.2, 0) is 0 Å². The molecular weight excluding hydrogens is 348 g/mol. The van der Waals surface area contributed by atoms with Gasteiger partial charge in [0, 0.05) is 43.3 Å². The minimum Gasteiger partial charge on any atom is -0.360 e. The number of likely N-dealkylation sites (N-methyl/N-ethyl adjacent to an activating group) is 1. The van der Waals surface area contributed by atoms with Crippen LogP contribution in [0.1, 0.15) is 16.5 Å². The summed E-state index contributed by atoms with van der Waals surface area (Å²) in [4.78, 5) is 6.35. The van der Waals surface area contributed by atoms with Gasteiger partial charge in [-0.2, -0.15) is 0 Å². The van der Waals surface area contributed by atoms with E-state index >= 15 is 0 Å². The summed E-state index contributed by atoms with van der Waals surface area (Å²) in [5, 5.41) is 9.59. The van der Waals surface area contributed by atoms with Crippen molar-refractivity contribution in [3.63, 3.8) is 0 Å². The maximum atomic E-state index is 5.52. The van der Waals surface area contributed by atoms with Crippen molar-refractivity contribution in [3.8, 4) is 0 Å². The van der Waals surface area contributed by atoms with Crippen LogP contribution >= 0.6 is 23.6 Å². The lowest BCUT2D eigenvalue weighted by atomic mass is 10.1. The van der Waals surface area contributed by atoms with Crippen LogP contribution in [0.5, 0.6) is 0 Å². The number of nitrogens with zero attached hydrogens (tertiary/aromatic N) is 2. The van der Waals surface area contributed by atoms with E-state index in [1.54, 1.807) is 0 Å². The Morgan fingerprint density at radius 2 is 1.92 bits per heavy atom. The molecule has 1 aliphatic heterocycles. The third-order valence-electron chi connectivity index (χ3n) is 4.70. The Bertz CT molecular complexity index is 678. The van der Waals surface area contributed by atoms with Crippen LogP contribution in [-0.4, -0.2) is 54.7 Å². The second-order valence-corrected chi connectivity index (χ2v) is 7.91. The van der Waals surface area contributed by atoms with Crippen molar-refractivity contribution >= 4 is 34.4 Å². The first kappa shape index (κ1) is 18.3. The molecule has 2 aromatic rings. The highest BCUT2D eigenvalue weighted by molar-refractivity contribution is 7.80. The Kier molecular flexibility index (Phi) is 6.42. The number of hydrogen-bond donors (Lipinski definition) is 2. The van der Waals surface area contributed by atoms with E-state index in [4.69, 9.17) is 12.2 Å². The van der Waals surface area contributed by atoms with Gasteiger partial charge in [0.15, 0.2) is 5.11 Å². The monoisotopic (exact) mass is 374 g/mol. The molecule has 0 bridgehead atoms. The summed E-state index contributed by atoms with van der Waals surface area (Å²) in [6.45, 7) is 7.34. The first-order valence-electron chi connectivity index (χ1n) is 8.70. The first-order valence-corrected chi connectivity index (χ1v) is 9.99. The van der Waals surface area contributed by atoms with Gasteiger partial charge in [-0.1, -0.05) is 24.3 Å². The van der Waals surface area contributed by atoms with Gasteiger partial charge in [0.1, 0.15) is 0 Å². The van der Waals surface area contributed by atoms with Crippen molar-refractivity contribution in [2.24, 2.45) is 0 Å². The second kappa shape index (κ2) is 8.76. The Morgan fingerprint density at radius 1 is 1.16 bits per heavy atom. The van der Waals surface area contributed by atoms with Gasteiger partial charge in [0.2, 0.25) is 0 Å². The van der Waals surface area contributed by atoms with Crippen molar-refractivity contribution in [1.82, 2.24) is 15.1 Å². The Hall–Kier alpha value is -1.47. The lowest BCUT2D eigenvalue weighted by Gasteiger charge is -2.37. The summed E-state index contributed by atoms with van der Waals surface area (Å²) in [5.74, 6) is 0. The van der Waals surface area contributed by atoms with E-state index in [1.165, 1.54) is 10.4 Å². The maximum Gasteiger partial charge on any atom is 0.170 e. The summed E-state index contributed by atoms with van der Waals surface area (Å²) < 4.78 is 0. The summed E-state index contributed by atoms with van der Waals surface area (Å²) >= 11 is 7.34. The van der Waals surface area contributed by atoms with Crippen molar-refractivity contribution in [1.29, 1.82) is 0 Å². The topological polar surface area (TPSA) is 30.5 Å². The third-order valence-corrected chi connectivity index (χ3v) is 5.92. The number of piperazine rings is 1. The number of thiophene rings is 1. The number of aryl methyl sites for hydroxylation is 1. The van der Waals surface area contributed by atoms with Crippen LogP contribution in [0.2, 0.25) is 0 Å². The van der Waals surface area contributed by atoms with E-state index in [0.717, 1.165) is 38.4 Å². The molecule has 134 valence electrons. The zero-order valence-corrected chi connectivity index (χ0v) is 16.5. The van der Waals surface area contributed by atoms with Gasteiger partial charge < -0.3 is 15.5 Å². The SMILES string of the molecule is Cc1ccccc1NC(=S)NCC(c1cccs1)N1CCN(C)CC1.